The first-order valence-electron chi connectivity index (χ1n) is 4.66. The molecule has 1 rings (SSSR count). The molecule has 0 fully saturated rings. The van der Waals surface area contributed by atoms with Gasteiger partial charge in [0.2, 0.25) is 0 Å². The van der Waals surface area contributed by atoms with Crippen molar-refractivity contribution in [3.8, 4) is 6.07 Å². The van der Waals surface area contributed by atoms with Gasteiger partial charge in [-0.05, 0) is 20.3 Å². The summed E-state index contributed by atoms with van der Waals surface area (Å²) in [6.45, 7) is 3.85. The summed E-state index contributed by atoms with van der Waals surface area (Å²) in [7, 11) is 0. The molecular formula is C10H14N4S. The van der Waals surface area contributed by atoms with Gasteiger partial charge in [0.05, 0.1) is 11.5 Å². The molecule has 1 aromatic heterocycles. The number of hydrogen-bond acceptors (Lipinski definition) is 5. The predicted molar refractivity (Wildman–Crippen MR) is 61.2 cm³/mol. The maximum atomic E-state index is 8.83. The fraction of sp³-hybridized carbons (Fsp3) is 0.500. The number of nitrogen functional groups attached to an aromatic ring is 1. The molecule has 0 aliphatic carbocycles. The minimum absolute atomic E-state index is 0.288. The average Bonchev–Trinajstić information content (AvgIpc) is 2.21. The van der Waals surface area contributed by atoms with E-state index in [-0.39, 0.29) is 5.41 Å². The number of aromatic nitrogens is 2. The minimum atomic E-state index is -0.288. The number of hydrogen-bond donors (Lipinski definition) is 1. The fourth-order valence-corrected chi connectivity index (χ4v) is 2.05. The molecule has 5 heteroatoms. The van der Waals surface area contributed by atoms with Crippen LogP contribution in [0.1, 0.15) is 20.3 Å². The summed E-state index contributed by atoms with van der Waals surface area (Å²) in [5, 5.41) is 9.58. The molecular weight excluding hydrogens is 208 g/mol. The molecule has 0 amide bonds. The van der Waals surface area contributed by atoms with Crippen molar-refractivity contribution in [2.24, 2.45) is 5.41 Å². The van der Waals surface area contributed by atoms with E-state index in [1.807, 2.05) is 13.8 Å². The molecule has 0 unspecified atom stereocenters. The van der Waals surface area contributed by atoms with Gasteiger partial charge in [-0.25, -0.2) is 9.97 Å². The molecule has 0 atom stereocenters. The Balaban J connectivity index is 2.46. The molecule has 2 N–H and O–H groups in total. The lowest BCUT2D eigenvalue weighted by molar-refractivity contribution is 0.482. The van der Waals surface area contributed by atoms with Crippen LogP contribution in [-0.2, 0) is 0 Å². The molecule has 0 spiro atoms. The van der Waals surface area contributed by atoms with Gasteiger partial charge in [-0.3, -0.25) is 0 Å². The van der Waals surface area contributed by atoms with Crippen LogP contribution in [0.5, 0.6) is 0 Å². The summed E-state index contributed by atoms with van der Waals surface area (Å²) < 4.78 is 0. The highest BCUT2D eigenvalue weighted by atomic mass is 32.2. The highest BCUT2D eigenvalue weighted by Gasteiger charge is 2.16. The van der Waals surface area contributed by atoms with Gasteiger partial charge in [0, 0.05) is 18.1 Å². The van der Waals surface area contributed by atoms with Crippen LogP contribution in [0.25, 0.3) is 0 Å². The number of thioether (sulfide) groups is 1. The highest BCUT2D eigenvalue weighted by molar-refractivity contribution is 7.99. The van der Waals surface area contributed by atoms with E-state index in [1.165, 1.54) is 11.8 Å². The van der Waals surface area contributed by atoms with Crippen molar-refractivity contribution in [2.75, 3.05) is 11.5 Å². The SMILES string of the molecule is CC(C)(C#N)CCSc1nccnc1N. The molecule has 0 saturated carbocycles. The summed E-state index contributed by atoms with van der Waals surface area (Å²) in [4.78, 5) is 8.06. The van der Waals surface area contributed by atoms with Crippen molar-refractivity contribution in [3.63, 3.8) is 0 Å². The third-order valence-corrected chi connectivity index (χ3v) is 2.96. The van der Waals surface area contributed by atoms with Gasteiger partial charge in [-0.1, -0.05) is 0 Å². The molecule has 0 saturated heterocycles. The lowest BCUT2D eigenvalue weighted by Crippen LogP contribution is -2.09. The zero-order valence-electron chi connectivity index (χ0n) is 8.90. The standard InChI is InChI=1S/C10H14N4S/c1-10(2,7-11)3-6-15-9-8(12)13-4-5-14-9/h4-5H,3,6H2,1-2H3,(H2,12,13). The molecule has 80 valence electrons. The zero-order valence-corrected chi connectivity index (χ0v) is 9.71. The Labute approximate surface area is 93.9 Å². The topological polar surface area (TPSA) is 75.6 Å². The molecule has 1 aromatic rings. The lowest BCUT2D eigenvalue weighted by atomic mass is 9.93. The third kappa shape index (κ3) is 3.76. The number of nitrogens with zero attached hydrogens (tertiary/aromatic N) is 3. The molecule has 0 aliphatic heterocycles. The maximum Gasteiger partial charge on any atom is 0.156 e. The average molecular weight is 222 g/mol. The van der Waals surface area contributed by atoms with Gasteiger partial charge in [0.15, 0.2) is 5.82 Å². The smallest absolute Gasteiger partial charge is 0.156 e. The van der Waals surface area contributed by atoms with Crippen LogP contribution >= 0.6 is 11.8 Å². The van der Waals surface area contributed by atoms with Crippen molar-refractivity contribution >= 4 is 17.6 Å². The van der Waals surface area contributed by atoms with E-state index < -0.39 is 0 Å². The molecule has 4 nitrogen and oxygen atoms in total. The molecule has 0 aromatic carbocycles. The Morgan fingerprint density at radius 1 is 1.47 bits per heavy atom. The first-order chi connectivity index (χ1) is 7.05. The Morgan fingerprint density at radius 3 is 2.73 bits per heavy atom. The monoisotopic (exact) mass is 222 g/mol. The van der Waals surface area contributed by atoms with Crippen LogP contribution in [0, 0.1) is 16.7 Å². The normalized spacial score (nSPS) is 11.0. The number of nitrogens with two attached hydrogens (primary N) is 1. The first kappa shape index (κ1) is 11.8. The number of rotatable bonds is 4. The van der Waals surface area contributed by atoms with Crippen molar-refractivity contribution in [1.29, 1.82) is 5.26 Å². The summed E-state index contributed by atoms with van der Waals surface area (Å²) in [6.07, 6.45) is 4.00. The van der Waals surface area contributed by atoms with Gasteiger partial charge < -0.3 is 5.73 Å². The van der Waals surface area contributed by atoms with Crippen LogP contribution in [0.2, 0.25) is 0 Å². The Kier molecular flexibility index (Phi) is 3.92. The van der Waals surface area contributed by atoms with Crippen LogP contribution in [0.15, 0.2) is 17.4 Å². The van der Waals surface area contributed by atoms with Gasteiger partial charge in [-0.2, -0.15) is 5.26 Å². The Hall–Kier alpha value is -1.28. The van der Waals surface area contributed by atoms with Crippen molar-refractivity contribution in [3.05, 3.63) is 12.4 Å². The van der Waals surface area contributed by atoms with E-state index in [0.29, 0.717) is 5.82 Å². The molecule has 1 heterocycles. The minimum Gasteiger partial charge on any atom is -0.381 e. The van der Waals surface area contributed by atoms with Crippen molar-refractivity contribution in [2.45, 2.75) is 25.3 Å². The first-order valence-corrected chi connectivity index (χ1v) is 5.64. The second-order valence-corrected chi connectivity index (χ2v) is 4.92. The molecule has 0 aliphatic rings. The van der Waals surface area contributed by atoms with Crippen LogP contribution in [0.3, 0.4) is 0 Å². The van der Waals surface area contributed by atoms with Gasteiger partial charge in [0.25, 0.3) is 0 Å². The van der Waals surface area contributed by atoms with E-state index in [9.17, 15) is 0 Å². The third-order valence-electron chi connectivity index (χ3n) is 1.96. The molecule has 0 radical (unpaired) electrons. The summed E-state index contributed by atoms with van der Waals surface area (Å²) >= 11 is 1.54. The van der Waals surface area contributed by atoms with Crippen LogP contribution < -0.4 is 5.73 Å². The van der Waals surface area contributed by atoms with Crippen molar-refractivity contribution < 1.29 is 0 Å². The number of anilines is 1. The van der Waals surface area contributed by atoms with E-state index in [1.54, 1.807) is 12.4 Å². The van der Waals surface area contributed by atoms with E-state index in [0.717, 1.165) is 17.2 Å². The summed E-state index contributed by atoms with van der Waals surface area (Å²) in [6, 6.07) is 2.26. The Bertz CT molecular complexity index is 370. The summed E-state index contributed by atoms with van der Waals surface area (Å²) in [5.74, 6) is 1.28. The largest absolute Gasteiger partial charge is 0.381 e. The lowest BCUT2D eigenvalue weighted by Gasteiger charge is -2.13. The predicted octanol–water partition coefficient (Wildman–Crippen LogP) is 2.09. The Morgan fingerprint density at radius 2 is 2.13 bits per heavy atom. The zero-order chi connectivity index (χ0) is 11.3. The van der Waals surface area contributed by atoms with Gasteiger partial charge in [0.1, 0.15) is 5.03 Å². The number of nitriles is 1. The second kappa shape index (κ2) is 4.99. The van der Waals surface area contributed by atoms with E-state index in [2.05, 4.69) is 16.0 Å². The molecule has 0 bridgehead atoms. The van der Waals surface area contributed by atoms with Gasteiger partial charge >= 0.3 is 0 Å². The fourth-order valence-electron chi connectivity index (χ4n) is 0.906. The summed E-state index contributed by atoms with van der Waals surface area (Å²) in [5.41, 5.74) is 5.36. The van der Waals surface area contributed by atoms with Crippen LogP contribution in [0.4, 0.5) is 5.82 Å². The van der Waals surface area contributed by atoms with E-state index in [4.69, 9.17) is 11.0 Å². The molecule has 15 heavy (non-hydrogen) atoms. The van der Waals surface area contributed by atoms with Crippen LogP contribution in [-0.4, -0.2) is 15.7 Å². The van der Waals surface area contributed by atoms with Gasteiger partial charge in [-0.15, -0.1) is 11.8 Å². The van der Waals surface area contributed by atoms with Crippen molar-refractivity contribution in [1.82, 2.24) is 9.97 Å². The van der Waals surface area contributed by atoms with E-state index >= 15 is 0 Å². The second-order valence-electron chi connectivity index (χ2n) is 3.84. The maximum absolute atomic E-state index is 8.83. The highest BCUT2D eigenvalue weighted by Crippen LogP contribution is 2.26. The quantitative estimate of drug-likeness (QED) is 0.789.